The molecule has 0 spiro atoms. The van der Waals surface area contributed by atoms with Crippen molar-refractivity contribution in [3.8, 4) is 0 Å². The van der Waals surface area contributed by atoms with Crippen molar-refractivity contribution >= 4 is 32.5 Å². The van der Waals surface area contributed by atoms with Crippen molar-refractivity contribution in [3.05, 3.63) is 95.1 Å². The molecule has 10 heteroatoms. The molecule has 0 radical (unpaired) electrons. The minimum Gasteiger partial charge on any atom is -0.288 e. The summed E-state index contributed by atoms with van der Waals surface area (Å²) in [7, 11) is -4.31. The summed E-state index contributed by atoms with van der Waals surface area (Å²) in [6.45, 7) is 1.68. The molecule has 4 rings (SSSR count). The maximum absolute atomic E-state index is 15.1. The van der Waals surface area contributed by atoms with Crippen molar-refractivity contribution in [1.82, 2.24) is 9.97 Å². The third-order valence-electron chi connectivity index (χ3n) is 4.61. The number of carbonyl (C=O) groups excluding carboxylic acids is 1. The number of benzene rings is 3. The van der Waals surface area contributed by atoms with E-state index in [-0.39, 0.29) is 10.5 Å². The fraction of sp³-hybridized carbons (Fsp3) is 0.0455. The van der Waals surface area contributed by atoms with E-state index in [0.717, 1.165) is 0 Å². The van der Waals surface area contributed by atoms with Gasteiger partial charge in [0.05, 0.1) is 32.9 Å². The first-order chi connectivity index (χ1) is 15.2. The molecular formula is C22H14F3N3O3S. The highest BCUT2D eigenvalue weighted by Gasteiger charge is 2.28. The molecule has 0 aliphatic rings. The summed E-state index contributed by atoms with van der Waals surface area (Å²) in [6.07, 6.45) is 1.51. The van der Waals surface area contributed by atoms with E-state index in [1.54, 1.807) is 13.0 Å². The number of aromatic nitrogens is 2. The van der Waals surface area contributed by atoms with Crippen LogP contribution in [0.25, 0.3) is 11.0 Å². The van der Waals surface area contributed by atoms with Crippen LogP contribution >= 0.6 is 0 Å². The topological polar surface area (TPSA) is 89.0 Å². The number of nitrogens with one attached hydrogen (secondary N) is 1. The Morgan fingerprint density at radius 1 is 0.938 bits per heavy atom. The predicted octanol–water partition coefficient (Wildman–Crippen LogP) is 4.39. The number of fused-ring (bicyclic) bond motifs is 1. The minimum absolute atomic E-state index is 0.169. The van der Waals surface area contributed by atoms with Gasteiger partial charge in [0, 0.05) is 17.8 Å². The number of nitrogens with zero attached hydrogens (tertiary/aromatic N) is 2. The Hall–Kier alpha value is -3.79. The third kappa shape index (κ3) is 3.92. The lowest BCUT2D eigenvalue weighted by molar-refractivity contribution is 0.103. The second kappa shape index (κ2) is 8.04. The first-order valence-electron chi connectivity index (χ1n) is 9.21. The first-order valence-corrected chi connectivity index (χ1v) is 10.7. The maximum atomic E-state index is 15.1. The Bertz CT molecular complexity index is 1480. The van der Waals surface area contributed by atoms with Gasteiger partial charge in [-0.1, -0.05) is 18.2 Å². The molecule has 0 fully saturated rings. The maximum Gasteiger partial charge on any atom is 0.261 e. The van der Waals surface area contributed by atoms with Crippen LogP contribution in [0, 0.1) is 24.4 Å². The predicted molar refractivity (Wildman–Crippen MR) is 111 cm³/mol. The molecule has 4 aromatic rings. The zero-order valence-corrected chi connectivity index (χ0v) is 17.3. The number of halogens is 3. The molecule has 0 unspecified atom stereocenters. The first kappa shape index (κ1) is 21.4. The molecule has 0 aliphatic heterocycles. The zero-order chi connectivity index (χ0) is 23.0. The standard InChI is InChI=1S/C22H14F3N3O3S/c1-12-11-26-16-8-7-13(9-17(16)27-12)22(29)19-20(24)15(23)10-18(21(19)25)28-32(30,31)14-5-3-2-4-6-14/h2-11,28H,1H3. The van der Waals surface area contributed by atoms with Crippen molar-refractivity contribution in [2.45, 2.75) is 11.8 Å². The lowest BCUT2D eigenvalue weighted by atomic mass is 10.0. The van der Waals surface area contributed by atoms with Gasteiger partial charge in [0.25, 0.3) is 10.0 Å². The van der Waals surface area contributed by atoms with E-state index >= 15 is 4.39 Å². The van der Waals surface area contributed by atoms with E-state index in [1.807, 2.05) is 4.72 Å². The molecule has 3 aromatic carbocycles. The third-order valence-corrected chi connectivity index (χ3v) is 5.99. The van der Waals surface area contributed by atoms with Crippen LogP contribution in [-0.2, 0) is 10.0 Å². The van der Waals surface area contributed by atoms with Crippen LogP contribution in [0.5, 0.6) is 0 Å². The normalized spacial score (nSPS) is 11.5. The number of hydrogen-bond acceptors (Lipinski definition) is 5. The van der Waals surface area contributed by atoms with Crippen LogP contribution in [-0.4, -0.2) is 24.2 Å². The molecule has 0 amide bonds. The largest absolute Gasteiger partial charge is 0.288 e. The lowest BCUT2D eigenvalue weighted by Gasteiger charge is -2.13. The van der Waals surface area contributed by atoms with Crippen molar-refractivity contribution in [3.63, 3.8) is 0 Å². The number of anilines is 1. The molecule has 162 valence electrons. The van der Waals surface area contributed by atoms with Gasteiger partial charge in [0.1, 0.15) is 0 Å². The van der Waals surface area contributed by atoms with Crippen LogP contribution in [0.15, 0.2) is 65.7 Å². The fourth-order valence-corrected chi connectivity index (χ4v) is 4.14. The Balaban J connectivity index is 1.80. The van der Waals surface area contributed by atoms with Gasteiger partial charge in [0.2, 0.25) is 0 Å². The number of ketones is 1. The summed E-state index contributed by atoms with van der Waals surface area (Å²) in [4.78, 5) is 21.0. The number of aryl methyl sites for hydroxylation is 1. The second-order valence-electron chi connectivity index (χ2n) is 6.87. The second-order valence-corrected chi connectivity index (χ2v) is 8.55. The summed E-state index contributed by atoms with van der Waals surface area (Å²) in [6, 6.07) is 11.3. The van der Waals surface area contributed by atoms with E-state index in [0.29, 0.717) is 22.8 Å². The van der Waals surface area contributed by atoms with Crippen LogP contribution in [0.3, 0.4) is 0 Å². The molecule has 0 saturated carbocycles. The van der Waals surface area contributed by atoms with Gasteiger partial charge in [-0.25, -0.2) is 26.6 Å². The summed E-state index contributed by atoms with van der Waals surface area (Å²) in [5.74, 6) is -6.03. The molecule has 6 nitrogen and oxygen atoms in total. The molecular weight excluding hydrogens is 443 g/mol. The summed E-state index contributed by atoms with van der Waals surface area (Å²) >= 11 is 0. The summed E-state index contributed by atoms with van der Waals surface area (Å²) in [5.41, 5.74) is -0.981. The van der Waals surface area contributed by atoms with Gasteiger partial charge >= 0.3 is 0 Å². The van der Waals surface area contributed by atoms with E-state index in [1.165, 1.54) is 48.7 Å². The number of sulfonamides is 1. The van der Waals surface area contributed by atoms with Gasteiger partial charge in [0.15, 0.2) is 23.2 Å². The minimum atomic E-state index is -4.31. The molecule has 1 N–H and O–H groups in total. The highest BCUT2D eigenvalue weighted by Crippen LogP contribution is 2.28. The molecule has 0 atom stereocenters. The van der Waals surface area contributed by atoms with Crippen LogP contribution in [0.1, 0.15) is 21.6 Å². The quantitative estimate of drug-likeness (QED) is 0.355. The molecule has 0 bridgehead atoms. The van der Waals surface area contributed by atoms with Gasteiger partial charge in [-0.05, 0) is 37.3 Å². The van der Waals surface area contributed by atoms with Crippen molar-refractivity contribution in [2.24, 2.45) is 0 Å². The van der Waals surface area contributed by atoms with Crippen molar-refractivity contribution in [1.29, 1.82) is 0 Å². The van der Waals surface area contributed by atoms with Crippen LogP contribution in [0.2, 0.25) is 0 Å². The van der Waals surface area contributed by atoms with Crippen molar-refractivity contribution < 1.29 is 26.4 Å². The molecule has 1 aromatic heterocycles. The van der Waals surface area contributed by atoms with E-state index < -0.39 is 44.5 Å². The summed E-state index contributed by atoms with van der Waals surface area (Å²) in [5, 5.41) is 0. The fourth-order valence-electron chi connectivity index (χ4n) is 3.07. The highest BCUT2D eigenvalue weighted by atomic mass is 32.2. The van der Waals surface area contributed by atoms with Crippen molar-refractivity contribution in [2.75, 3.05) is 4.72 Å². The number of hydrogen-bond donors (Lipinski definition) is 1. The SMILES string of the molecule is Cc1cnc2ccc(C(=O)c3c(F)c(F)cc(NS(=O)(=O)c4ccccc4)c3F)cc2n1. The van der Waals surface area contributed by atoms with E-state index in [9.17, 15) is 22.0 Å². The molecule has 32 heavy (non-hydrogen) atoms. The summed E-state index contributed by atoms with van der Waals surface area (Å²) < 4.78 is 70.6. The zero-order valence-electron chi connectivity index (χ0n) is 16.4. The molecule has 0 aliphatic carbocycles. The Kier molecular flexibility index (Phi) is 5.39. The average Bonchev–Trinajstić information content (AvgIpc) is 2.77. The molecule has 0 saturated heterocycles. The average molecular weight is 457 g/mol. The van der Waals surface area contributed by atoms with E-state index in [2.05, 4.69) is 9.97 Å². The Labute approximate surface area is 180 Å². The Morgan fingerprint density at radius 2 is 1.66 bits per heavy atom. The van der Waals surface area contributed by atoms with Gasteiger partial charge in [-0.2, -0.15) is 0 Å². The van der Waals surface area contributed by atoms with Gasteiger partial charge in [-0.15, -0.1) is 0 Å². The number of carbonyl (C=O) groups is 1. The monoisotopic (exact) mass is 457 g/mol. The van der Waals surface area contributed by atoms with Crippen LogP contribution < -0.4 is 4.72 Å². The van der Waals surface area contributed by atoms with Gasteiger partial charge in [-0.3, -0.25) is 14.5 Å². The van der Waals surface area contributed by atoms with Gasteiger partial charge < -0.3 is 0 Å². The molecule has 1 heterocycles. The smallest absolute Gasteiger partial charge is 0.261 e. The number of rotatable bonds is 5. The van der Waals surface area contributed by atoms with E-state index in [4.69, 9.17) is 0 Å². The van der Waals surface area contributed by atoms with Crippen LogP contribution in [0.4, 0.5) is 18.9 Å². The highest BCUT2D eigenvalue weighted by molar-refractivity contribution is 7.92. The Morgan fingerprint density at radius 3 is 2.38 bits per heavy atom. The lowest BCUT2D eigenvalue weighted by Crippen LogP contribution is -2.17.